The first kappa shape index (κ1) is 40.5. The molecule has 3 heteroatoms. The van der Waals surface area contributed by atoms with Crippen molar-refractivity contribution in [3.8, 4) is 11.1 Å². The van der Waals surface area contributed by atoms with E-state index in [0.717, 1.165) is 12.8 Å². The van der Waals surface area contributed by atoms with Gasteiger partial charge < -0.3 is 0 Å². The first-order valence-corrected chi connectivity index (χ1v) is 23.4. The van der Waals surface area contributed by atoms with Gasteiger partial charge in [0.15, 0.2) is 0 Å². The fourth-order valence-electron chi connectivity index (χ4n) is 8.01. The molecule has 0 unspecified atom stereocenters. The monoisotopic (exact) mass is 872 g/mol. The van der Waals surface area contributed by atoms with Gasteiger partial charge in [-0.2, -0.15) is 0 Å². The summed E-state index contributed by atoms with van der Waals surface area (Å²) >= 11 is -3.14. The molecule has 0 aromatic heterocycles. The van der Waals surface area contributed by atoms with Crippen molar-refractivity contribution in [2.24, 2.45) is 0 Å². The largest absolute Gasteiger partial charge is 0.147 e. The first-order chi connectivity index (χ1) is 22.4. The Bertz CT molecular complexity index is 1920. The van der Waals surface area contributed by atoms with Crippen molar-refractivity contribution in [3.63, 3.8) is 0 Å². The van der Waals surface area contributed by atoms with E-state index in [-0.39, 0.29) is 46.5 Å². The van der Waals surface area contributed by atoms with Crippen LogP contribution in [-0.4, -0.2) is 3.26 Å². The normalized spacial score (nSPS) is 14.0. The van der Waals surface area contributed by atoms with E-state index in [9.17, 15) is 0 Å². The number of hydrogen-bond donors (Lipinski definition) is 0. The summed E-state index contributed by atoms with van der Waals surface area (Å²) in [6.07, 6.45) is 9.33. The fraction of sp³-hybridized carbons (Fsp3) is 0.383. The molecule has 50 heavy (non-hydrogen) atoms. The van der Waals surface area contributed by atoms with E-state index in [1.807, 2.05) is 0 Å². The molecule has 2 aliphatic rings. The van der Waals surface area contributed by atoms with Gasteiger partial charge >= 0.3 is 301 Å². The number of benzene rings is 4. The van der Waals surface area contributed by atoms with Crippen LogP contribution in [0.4, 0.5) is 0 Å². The second-order valence-electron chi connectivity index (χ2n) is 18.2. The van der Waals surface area contributed by atoms with Gasteiger partial charge in [0, 0.05) is 0 Å². The van der Waals surface area contributed by atoms with E-state index in [2.05, 4.69) is 180 Å². The van der Waals surface area contributed by atoms with Crippen LogP contribution < -0.4 is 3.32 Å². The van der Waals surface area contributed by atoms with Gasteiger partial charge in [0.05, 0.1) is 0 Å². The Balaban J connectivity index is 0.00000281. The average Bonchev–Trinajstić information content (AvgIpc) is 3.65. The predicted molar refractivity (Wildman–Crippen MR) is 222 cm³/mol. The zero-order valence-corrected chi connectivity index (χ0v) is 37.7. The van der Waals surface area contributed by atoms with E-state index >= 15 is 0 Å². The van der Waals surface area contributed by atoms with E-state index < -0.39 is 21.0 Å². The van der Waals surface area contributed by atoms with Crippen molar-refractivity contribution in [1.29, 1.82) is 0 Å². The average molecular weight is 872 g/mol. The molecule has 4 aromatic rings. The zero-order chi connectivity index (χ0) is 34.8. The molecule has 2 aliphatic carbocycles. The van der Waals surface area contributed by atoms with E-state index in [1.165, 1.54) is 44.5 Å². The van der Waals surface area contributed by atoms with Crippen molar-refractivity contribution in [2.45, 2.75) is 118 Å². The third-order valence-electron chi connectivity index (χ3n) is 10.2. The minimum absolute atomic E-state index is 0. The fourth-order valence-corrected chi connectivity index (χ4v) is 21.2. The maximum absolute atomic E-state index is 3.14. The molecule has 0 saturated heterocycles. The van der Waals surface area contributed by atoms with Gasteiger partial charge in [-0.1, -0.05) is 0 Å². The van der Waals surface area contributed by atoms with Crippen molar-refractivity contribution >= 4 is 31.4 Å². The molecule has 0 bridgehead atoms. The molecule has 0 spiro atoms. The van der Waals surface area contributed by atoms with Crippen LogP contribution in [0.15, 0.2) is 100 Å². The maximum atomic E-state index is 2.64. The van der Waals surface area contributed by atoms with Crippen LogP contribution >= 0.6 is 24.8 Å². The Labute approximate surface area is 323 Å². The Morgan fingerprint density at radius 2 is 1.04 bits per heavy atom. The third-order valence-corrected chi connectivity index (χ3v) is 21.5. The Hall–Kier alpha value is -2.32. The van der Waals surface area contributed by atoms with Crippen LogP contribution in [0, 0.1) is 0 Å². The smallest absolute Gasteiger partial charge is 0.147 e. The van der Waals surface area contributed by atoms with Gasteiger partial charge in [-0.3, -0.25) is 0 Å². The summed E-state index contributed by atoms with van der Waals surface area (Å²) in [5.41, 5.74) is 15.2. The van der Waals surface area contributed by atoms with Crippen molar-refractivity contribution in [1.82, 2.24) is 0 Å². The molecule has 0 nitrogen and oxygen atoms in total. The minimum atomic E-state index is -3.14. The van der Waals surface area contributed by atoms with Gasteiger partial charge in [0.25, 0.3) is 0 Å². The first-order valence-electron chi connectivity index (χ1n) is 18.0. The van der Waals surface area contributed by atoms with Crippen LogP contribution in [0.2, 0.25) is 0 Å². The van der Waals surface area contributed by atoms with Gasteiger partial charge in [0.2, 0.25) is 0 Å². The molecule has 0 amide bonds. The molecular formula is C47H58Cl2Hf. The zero-order valence-electron chi connectivity index (χ0n) is 32.5. The Morgan fingerprint density at radius 1 is 0.560 bits per heavy atom. The summed E-state index contributed by atoms with van der Waals surface area (Å²) < 4.78 is 5.07. The molecule has 0 radical (unpaired) electrons. The summed E-state index contributed by atoms with van der Waals surface area (Å²) in [6.45, 7) is 29.1. The number of fused-ring (bicyclic) bond motifs is 3. The van der Waals surface area contributed by atoms with Crippen LogP contribution in [0.1, 0.15) is 134 Å². The van der Waals surface area contributed by atoms with Crippen LogP contribution in [0.25, 0.3) is 11.1 Å². The molecule has 0 saturated carbocycles. The second-order valence-corrected chi connectivity index (χ2v) is 26.8. The summed E-state index contributed by atoms with van der Waals surface area (Å²) in [6, 6.07) is 30.6. The summed E-state index contributed by atoms with van der Waals surface area (Å²) in [5.74, 6) is 0. The summed E-state index contributed by atoms with van der Waals surface area (Å²) in [7, 11) is 0. The van der Waals surface area contributed by atoms with Crippen LogP contribution in [0.3, 0.4) is 0 Å². The Morgan fingerprint density at radius 3 is 1.48 bits per heavy atom. The van der Waals surface area contributed by atoms with Crippen LogP contribution in [-0.2, 0) is 49.0 Å². The number of rotatable bonds is 4. The maximum Gasteiger partial charge on any atom is -0.147 e. The number of halogens is 2. The summed E-state index contributed by atoms with van der Waals surface area (Å²) in [4.78, 5) is 0. The second kappa shape index (κ2) is 14.6. The molecule has 6 rings (SSSR count). The standard InChI is InChI=1S/C29H41.C13H10.C5H5.2ClH.Hf/c1-26(2,3)22-14-18-13-19-15-23(27(4,5)6)25(29(10,11)12)17-21(19)20(18)16-24(22)28(7,8)9;1-3-7-12(8-4-1)11-13-9-5-2-6-10-13;1-2-4-5-3-1;;;/h14,16-17H,13H2,1-12H3;1-10H;1-3H,4H2;2*1H;. The number of allylic oxidation sites excluding steroid dienone is 4. The van der Waals surface area contributed by atoms with E-state index in [1.54, 1.807) is 21.0 Å². The van der Waals surface area contributed by atoms with Crippen LogP contribution in [0.5, 0.6) is 0 Å². The minimum Gasteiger partial charge on any atom is -0.147 e. The SMILES string of the molecule is CC(C)(C)c1cc2c(cc1C(C)(C)C)-c1cc(C(C)(C)C)c(C(C)(C)C)[c]([Hf]([C]3=CC=CC3)=[C](c3ccccc3)c3ccccc3)c1C2.Cl.Cl. The van der Waals surface area contributed by atoms with Crippen molar-refractivity contribution in [3.05, 3.63) is 145 Å². The summed E-state index contributed by atoms with van der Waals surface area (Å²) in [5, 5.41) is 0. The quantitative estimate of drug-likeness (QED) is 0.158. The van der Waals surface area contributed by atoms with E-state index in [0.29, 0.717) is 0 Å². The van der Waals surface area contributed by atoms with Gasteiger partial charge in [0.1, 0.15) is 0 Å². The van der Waals surface area contributed by atoms with E-state index in [4.69, 9.17) is 0 Å². The topological polar surface area (TPSA) is 0 Å². The molecule has 4 aromatic carbocycles. The van der Waals surface area contributed by atoms with Gasteiger partial charge in [-0.05, 0) is 0 Å². The molecule has 0 atom stereocenters. The molecule has 0 heterocycles. The molecule has 0 aliphatic heterocycles. The van der Waals surface area contributed by atoms with Gasteiger partial charge in [-0.15, -0.1) is 24.8 Å². The Kier molecular flexibility index (Phi) is 11.8. The van der Waals surface area contributed by atoms with Gasteiger partial charge in [-0.25, -0.2) is 0 Å². The molecule has 0 fully saturated rings. The molecule has 0 N–H and O–H groups in total. The predicted octanol–water partition coefficient (Wildman–Crippen LogP) is 12.6. The number of hydrogen-bond acceptors (Lipinski definition) is 0. The molecular weight excluding hydrogens is 814 g/mol. The molecule has 264 valence electrons. The van der Waals surface area contributed by atoms with Crippen molar-refractivity contribution in [2.75, 3.05) is 0 Å². The van der Waals surface area contributed by atoms with Crippen molar-refractivity contribution < 1.29 is 21.0 Å². The third kappa shape index (κ3) is 7.72.